The Morgan fingerprint density at radius 1 is 1.22 bits per heavy atom. The van der Waals surface area contributed by atoms with Gasteiger partial charge in [0.25, 0.3) is 0 Å². The lowest BCUT2D eigenvalue weighted by Crippen LogP contribution is -2.44. The fraction of sp³-hybridized carbons (Fsp3) is 0.467. The molecular formula is C15H19NO2. The minimum atomic E-state index is -0.155. The monoisotopic (exact) mass is 245 g/mol. The summed E-state index contributed by atoms with van der Waals surface area (Å²) in [5.74, 6) is -0.348. The smallest absolute Gasteiger partial charge is 0.230 e. The summed E-state index contributed by atoms with van der Waals surface area (Å²) < 4.78 is 0. The standard InChI is InChI=1S/C15H19NO2/c1-4-11-12(8-13(17)16-15(11)18)14-9(2)6-5-7-10(14)3/h5-7,11-12H,4,8H2,1-3H3,(H,16,17,18). The average molecular weight is 245 g/mol. The van der Waals surface area contributed by atoms with Crippen LogP contribution in [0.15, 0.2) is 18.2 Å². The molecule has 2 atom stereocenters. The fourth-order valence-corrected chi connectivity index (χ4v) is 2.99. The molecule has 1 aromatic carbocycles. The Labute approximate surface area is 108 Å². The van der Waals surface area contributed by atoms with Crippen molar-refractivity contribution in [2.45, 2.75) is 39.5 Å². The van der Waals surface area contributed by atoms with E-state index in [1.54, 1.807) is 0 Å². The highest BCUT2D eigenvalue weighted by Crippen LogP contribution is 2.36. The SMILES string of the molecule is CCC1C(=O)NC(=O)CC1c1c(C)cccc1C. The van der Waals surface area contributed by atoms with E-state index in [1.807, 2.05) is 39.0 Å². The minimum Gasteiger partial charge on any atom is -0.296 e. The molecule has 1 N–H and O–H groups in total. The van der Waals surface area contributed by atoms with Crippen LogP contribution >= 0.6 is 0 Å². The van der Waals surface area contributed by atoms with Crippen LogP contribution in [0.5, 0.6) is 0 Å². The van der Waals surface area contributed by atoms with Crippen LogP contribution in [0.4, 0.5) is 0 Å². The van der Waals surface area contributed by atoms with E-state index in [9.17, 15) is 9.59 Å². The Morgan fingerprint density at radius 2 is 1.83 bits per heavy atom. The predicted octanol–water partition coefficient (Wildman–Crippen LogP) is 2.46. The Bertz CT molecular complexity index is 473. The van der Waals surface area contributed by atoms with Crippen molar-refractivity contribution in [2.75, 3.05) is 0 Å². The summed E-state index contributed by atoms with van der Waals surface area (Å²) >= 11 is 0. The van der Waals surface area contributed by atoms with Crippen LogP contribution in [0.25, 0.3) is 0 Å². The first kappa shape index (κ1) is 12.8. The van der Waals surface area contributed by atoms with Gasteiger partial charge in [-0.25, -0.2) is 0 Å². The van der Waals surface area contributed by atoms with Gasteiger partial charge in [0.1, 0.15) is 0 Å². The lowest BCUT2D eigenvalue weighted by atomic mass is 9.76. The maximum Gasteiger partial charge on any atom is 0.230 e. The normalized spacial score (nSPS) is 23.9. The van der Waals surface area contributed by atoms with Gasteiger partial charge in [-0.2, -0.15) is 0 Å². The maximum atomic E-state index is 11.9. The number of imide groups is 1. The molecule has 18 heavy (non-hydrogen) atoms. The van der Waals surface area contributed by atoms with Crippen molar-refractivity contribution in [3.63, 3.8) is 0 Å². The molecule has 1 aliphatic rings. The second-order valence-electron chi connectivity index (χ2n) is 5.04. The molecule has 2 unspecified atom stereocenters. The summed E-state index contributed by atoms with van der Waals surface area (Å²) in [6.07, 6.45) is 1.17. The van der Waals surface area contributed by atoms with Crippen LogP contribution in [0.3, 0.4) is 0 Å². The first-order valence-electron chi connectivity index (χ1n) is 6.44. The van der Waals surface area contributed by atoms with Crippen molar-refractivity contribution in [3.05, 3.63) is 34.9 Å². The van der Waals surface area contributed by atoms with Gasteiger partial charge in [-0.05, 0) is 37.0 Å². The Balaban J connectivity index is 2.46. The van der Waals surface area contributed by atoms with E-state index in [0.717, 1.165) is 6.42 Å². The van der Waals surface area contributed by atoms with Gasteiger partial charge in [-0.15, -0.1) is 0 Å². The van der Waals surface area contributed by atoms with Gasteiger partial charge >= 0.3 is 0 Å². The predicted molar refractivity (Wildman–Crippen MR) is 70.2 cm³/mol. The molecule has 0 saturated carbocycles. The zero-order valence-electron chi connectivity index (χ0n) is 11.1. The van der Waals surface area contributed by atoms with Crippen molar-refractivity contribution in [1.82, 2.24) is 5.32 Å². The summed E-state index contributed by atoms with van der Waals surface area (Å²) in [6.45, 7) is 6.10. The first-order chi connectivity index (χ1) is 8.54. The number of rotatable bonds is 2. The number of hydrogen-bond donors (Lipinski definition) is 1. The van der Waals surface area contributed by atoms with Crippen molar-refractivity contribution >= 4 is 11.8 Å². The second kappa shape index (κ2) is 4.92. The van der Waals surface area contributed by atoms with E-state index >= 15 is 0 Å². The number of aryl methyl sites for hydroxylation is 2. The van der Waals surface area contributed by atoms with Gasteiger partial charge in [0.2, 0.25) is 11.8 Å². The van der Waals surface area contributed by atoms with Gasteiger partial charge in [0.05, 0.1) is 0 Å². The molecule has 0 aliphatic carbocycles. The molecule has 1 aliphatic heterocycles. The quantitative estimate of drug-likeness (QED) is 0.813. The van der Waals surface area contributed by atoms with E-state index in [2.05, 4.69) is 5.32 Å². The lowest BCUT2D eigenvalue weighted by molar-refractivity contribution is -0.137. The van der Waals surface area contributed by atoms with E-state index < -0.39 is 0 Å². The molecule has 1 saturated heterocycles. The number of carbonyl (C=O) groups is 2. The number of benzene rings is 1. The summed E-state index contributed by atoms with van der Waals surface area (Å²) in [4.78, 5) is 23.5. The molecular weight excluding hydrogens is 226 g/mol. The van der Waals surface area contributed by atoms with Gasteiger partial charge in [-0.1, -0.05) is 25.1 Å². The largest absolute Gasteiger partial charge is 0.296 e. The highest BCUT2D eigenvalue weighted by Gasteiger charge is 2.36. The van der Waals surface area contributed by atoms with E-state index in [-0.39, 0.29) is 23.7 Å². The van der Waals surface area contributed by atoms with Crippen LogP contribution in [-0.4, -0.2) is 11.8 Å². The number of nitrogens with one attached hydrogen (secondary N) is 1. The molecule has 3 heteroatoms. The van der Waals surface area contributed by atoms with E-state index in [0.29, 0.717) is 6.42 Å². The third kappa shape index (κ3) is 2.17. The summed E-state index contributed by atoms with van der Waals surface area (Å²) in [5, 5.41) is 2.44. The van der Waals surface area contributed by atoms with Crippen molar-refractivity contribution in [3.8, 4) is 0 Å². The summed E-state index contributed by atoms with van der Waals surface area (Å²) in [5.41, 5.74) is 3.51. The van der Waals surface area contributed by atoms with Crippen LogP contribution in [0.2, 0.25) is 0 Å². The highest BCUT2D eigenvalue weighted by molar-refractivity contribution is 5.99. The third-order valence-corrected chi connectivity index (χ3v) is 3.84. The molecule has 0 spiro atoms. The first-order valence-corrected chi connectivity index (χ1v) is 6.44. The molecule has 96 valence electrons. The van der Waals surface area contributed by atoms with Crippen LogP contribution < -0.4 is 5.32 Å². The van der Waals surface area contributed by atoms with Gasteiger partial charge in [-0.3, -0.25) is 14.9 Å². The Morgan fingerprint density at radius 3 is 2.39 bits per heavy atom. The zero-order valence-corrected chi connectivity index (χ0v) is 11.1. The number of piperidine rings is 1. The topological polar surface area (TPSA) is 46.2 Å². The zero-order chi connectivity index (χ0) is 13.3. The van der Waals surface area contributed by atoms with Crippen molar-refractivity contribution in [1.29, 1.82) is 0 Å². The number of amides is 2. The van der Waals surface area contributed by atoms with Crippen molar-refractivity contribution in [2.24, 2.45) is 5.92 Å². The molecule has 3 nitrogen and oxygen atoms in total. The number of hydrogen-bond acceptors (Lipinski definition) is 2. The van der Waals surface area contributed by atoms with Crippen molar-refractivity contribution < 1.29 is 9.59 Å². The molecule has 0 bridgehead atoms. The minimum absolute atomic E-state index is 0.0254. The van der Waals surface area contributed by atoms with E-state index in [4.69, 9.17) is 0 Å². The molecule has 0 aromatic heterocycles. The average Bonchev–Trinajstić information content (AvgIpc) is 2.28. The highest BCUT2D eigenvalue weighted by atomic mass is 16.2. The van der Waals surface area contributed by atoms with Gasteiger partial charge in [0.15, 0.2) is 0 Å². The molecule has 2 rings (SSSR count). The second-order valence-corrected chi connectivity index (χ2v) is 5.04. The van der Waals surface area contributed by atoms with Crippen LogP contribution in [-0.2, 0) is 9.59 Å². The molecule has 0 radical (unpaired) electrons. The van der Waals surface area contributed by atoms with Crippen LogP contribution in [0.1, 0.15) is 42.4 Å². The molecule has 1 fully saturated rings. The molecule has 1 heterocycles. The molecule has 1 aromatic rings. The fourth-order valence-electron chi connectivity index (χ4n) is 2.99. The Hall–Kier alpha value is -1.64. The van der Waals surface area contributed by atoms with Crippen LogP contribution in [0, 0.1) is 19.8 Å². The summed E-state index contributed by atoms with van der Waals surface area (Å²) in [7, 11) is 0. The maximum absolute atomic E-state index is 11.9. The van der Waals surface area contributed by atoms with Gasteiger partial charge < -0.3 is 0 Å². The molecule has 2 amide bonds. The van der Waals surface area contributed by atoms with E-state index in [1.165, 1.54) is 16.7 Å². The van der Waals surface area contributed by atoms with Gasteiger partial charge in [0, 0.05) is 18.3 Å². The third-order valence-electron chi connectivity index (χ3n) is 3.84. The summed E-state index contributed by atoms with van der Waals surface area (Å²) in [6, 6.07) is 6.11. The Kier molecular flexibility index (Phi) is 3.50. The number of carbonyl (C=O) groups excluding carboxylic acids is 2. The lowest BCUT2D eigenvalue weighted by Gasteiger charge is -2.31.